The lowest BCUT2D eigenvalue weighted by molar-refractivity contribution is 0.0600. The van der Waals surface area contributed by atoms with Crippen LogP contribution in [-0.2, 0) is 14.6 Å². The number of carbonyl (C=O) groups excluding carboxylic acids is 1. The standard InChI is InChI=1S/C16H14BrN3O4S/c1-9-6-10(4-5-11(9)16(21)24-2)12-7-18-14-15(25(3,22)23)19-13(17)8-20(12)14/h4-8H,1-3H3. The van der Waals surface area contributed by atoms with Gasteiger partial charge in [0.15, 0.2) is 20.5 Å². The van der Waals surface area contributed by atoms with E-state index in [1.54, 1.807) is 35.9 Å². The van der Waals surface area contributed by atoms with E-state index in [0.29, 0.717) is 15.9 Å². The average Bonchev–Trinajstić information content (AvgIpc) is 2.95. The summed E-state index contributed by atoms with van der Waals surface area (Å²) in [6.45, 7) is 1.80. The summed E-state index contributed by atoms with van der Waals surface area (Å²) < 4.78 is 30.7. The Hall–Kier alpha value is -2.26. The Labute approximate surface area is 152 Å². The van der Waals surface area contributed by atoms with Crippen LogP contribution in [0.4, 0.5) is 0 Å². The van der Waals surface area contributed by atoms with E-state index in [4.69, 9.17) is 4.74 Å². The van der Waals surface area contributed by atoms with Crippen LogP contribution in [0.2, 0.25) is 0 Å². The molecule has 0 atom stereocenters. The number of aryl methyl sites for hydroxylation is 1. The van der Waals surface area contributed by atoms with Crippen LogP contribution in [0.25, 0.3) is 16.9 Å². The normalized spacial score (nSPS) is 11.7. The van der Waals surface area contributed by atoms with Crippen LogP contribution in [0.3, 0.4) is 0 Å². The molecule has 130 valence electrons. The summed E-state index contributed by atoms with van der Waals surface area (Å²) in [6, 6.07) is 5.25. The number of hydrogen-bond acceptors (Lipinski definition) is 6. The fourth-order valence-electron chi connectivity index (χ4n) is 2.56. The minimum absolute atomic E-state index is 0.101. The fourth-order valence-corrected chi connectivity index (χ4v) is 3.80. The molecule has 2 heterocycles. The highest BCUT2D eigenvalue weighted by molar-refractivity contribution is 9.10. The molecule has 0 aliphatic rings. The molecule has 0 unspecified atom stereocenters. The Morgan fingerprint density at radius 2 is 2.04 bits per heavy atom. The molecule has 0 fully saturated rings. The maximum Gasteiger partial charge on any atom is 0.338 e. The second-order valence-corrected chi connectivity index (χ2v) is 8.24. The third-order valence-corrected chi connectivity index (χ3v) is 5.07. The van der Waals surface area contributed by atoms with E-state index >= 15 is 0 Å². The van der Waals surface area contributed by atoms with Crippen molar-refractivity contribution in [2.45, 2.75) is 11.9 Å². The average molecular weight is 424 g/mol. The number of imidazole rings is 1. The highest BCUT2D eigenvalue weighted by Crippen LogP contribution is 2.27. The molecule has 0 saturated heterocycles. The van der Waals surface area contributed by atoms with Crippen LogP contribution in [0, 0.1) is 6.92 Å². The Balaban J connectivity index is 2.23. The van der Waals surface area contributed by atoms with Crippen molar-refractivity contribution in [3.8, 4) is 11.3 Å². The van der Waals surface area contributed by atoms with Crippen molar-refractivity contribution in [3.63, 3.8) is 0 Å². The van der Waals surface area contributed by atoms with E-state index in [-0.39, 0.29) is 10.7 Å². The first-order valence-corrected chi connectivity index (χ1v) is 9.84. The number of sulfone groups is 1. The molecular weight excluding hydrogens is 410 g/mol. The number of carbonyl (C=O) groups is 1. The fraction of sp³-hybridized carbons (Fsp3) is 0.188. The van der Waals surface area contributed by atoms with Crippen LogP contribution in [-0.4, -0.2) is 42.1 Å². The van der Waals surface area contributed by atoms with Crippen molar-refractivity contribution in [1.29, 1.82) is 0 Å². The van der Waals surface area contributed by atoms with Gasteiger partial charge in [0.1, 0.15) is 4.60 Å². The van der Waals surface area contributed by atoms with Crippen LogP contribution in [0.1, 0.15) is 15.9 Å². The van der Waals surface area contributed by atoms with Crippen LogP contribution in [0.5, 0.6) is 0 Å². The van der Waals surface area contributed by atoms with E-state index < -0.39 is 15.8 Å². The largest absolute Gasteiger partial charge is 0.465 e. The highest BCUT2D eigenvalue weighted by Gasteiger charge is 2.20. The molecule has 0 N–H and O–H groups in total. The number of esters is 1. The van der Waals surface area contributed by atoms with Crippen molar-refractivity contribution >= 4 is 37.4 Å². The summed E-state index contributed by atoms with van der Waals surface area (Å²) in [4.78, 5) is 20.0. The molecule has 0 saturated carbocycles. The molecule has 9 heteroatoms. The van der Waals surface area contributed by atoms with Gasteiger partial charge in [0.25, 0.3) is 0 Å². The summed E-state index contributed by atoms with van der Waals surface area (Å²) in [5.74, 6) is -0.409. The number of ether oxygens (including phenoxy) is 1. The van der Waals surface area contributed by atoms with Crippen LogP contribution < -0.4 is 0 Å². The van der Waals surface area contributed by atoms with Gasteiger partial charge in [0, 0.05) is 18.0 Å². The minimum Gasteiger partial charge on any atom is -0.465 e. The van der Waals surface area contributed by atoms with Crippen molar-refractivity contribution in [2.75, 3.05) is 13.4 Å². The van der Waals surface area contributed by atoms with Gasteiger partial charge in [-0.3, -0.25) is 4.40 Å². The van der Waals surface area contributed by atoms with E-state index in [2.05, 4.69) is 25.9 Å². The summed E-state index contributed by atoms with van der Waals surface area (Å²) in [5.41, 5.74) is 2.93. The summed E-state index contributed by atoms with van der Waals surface area (Å²) in [7, 11) is -2.21. The zero-order valence-electron chi connectivity index (χ0n) is 13.6. The monoisotopic (exact) mass is 423 g/mol. The molecule has 2 aromatic heterocycles. The molecule has 0 bridgehead atoms. The Bertz CT molecular complexity index is 1110. The summed E-state index contributed by atoms with van der Waals surface area (Å²) in [6.07, 6.45) is 4.31. The lowest BCUT2D eigenvalue weighted by atomic mass is 10.0. The number of hydrogen-bond donors (Lipinski definition) is 0. The third-order valence-electron chi connectivity index (χ3n) is 3.71. The SMILES string of the molecule is COC(=O)c1ccc(-c2cnc3c(S(C)(=O)=O)nc(Br)cn23)cc1C. The number of methoxy groups -OCH3 is 1. The number of fused-ring (bicyclic) bond motifs is 1. The molecule has 1 aromatic carbocycles. The molecule has 0 aliphatic carbocycles. The molecule has 3 aromatic rings. The Morgan fingerprint density at radius 1 is 1.32 bits per heavy atom. The topological polar surface area (TPSA) is 90.6 Å². The Kier molecular flexibility index (Phi) is 4.38. The van der Waals surface area contributed by atoms with E-state index in [9.17, 15) is 13.2 Å². The predicted molar refractivity (Wildman–Crippen MR) is 95.3 cm³/mol. The first-order valence-electron chi connectivity index (χ1n) is 7.15. The highest BCUT2D eigenvalue weighted by atomic mass is 79.9. The van der Waals surface area contributed by atoms with Gasteiger partial charge in [-0.05, 0) is 40.5 Å². The first kappa shape index (κ1) is 17.6. The van der Waals surface area contributed by atoms with Crippen LogP contribution in [0.15, 0.2) is 40.2 Å². The van der Waals surface area contributed by atoms with Crippen molar-refractivity contribution in [1.82, 2.24) is 14.4 Å². The maximum atomic E-state index is 12.0. The maximum absolute atomic E-state index is 12.0. The quantitative estimate of drug-likeness (QED) is 0.601. The van der Waals surface area contributed by atoms with E-state index in [1.807, 2.05) is 6.07 Å². The molecule has 3 rings (SSSR count). The molecule has 0 spiro atoms. The molecule has 0 aliphatic heterocycles. The number of aromatic nitrogens is 3. The summed E-state index contributed by atoms with van der Waals surface area (Å²) >= 11 is 3.24. The smallest absolute Gasteiger partial charge is 0.338 e. The Morgan fingerprint density at radius 3 is 2.64 bits per heavy atom. The zero-order valence-corrected chi connectivity index (χ0v) is 16.1. The second-order valence-electron chi connectivity index (χ2n) is 5.50. The predicted octanol–water partition coefficient (Wildman–Crippen LogP) is 2.66. The molecule has 0 radical (unpaired) electrons. The number of rotatable bonds is 3. The van der Waals surface area contributed by atoms with Gasteiger partial charge in [0.2, 0.25) is 0 Å². The van der Waals surface area contributed by atoms with Crippen LogP contribution >= 0.6 is 15.9 Å². The number of benzene rings is 1. The van der Waals surface area contributed by atoms with Gasteiger partial charge in [-0.25, -0.2) is 23.2 Å². The van der Waals surface area contributed by atoms with Crippen molar-refractivity contribution in [2.24, 2.45) is 0 Å². The third kappa shape index (κ3) is 3.16. The molecule has 25 heavy (non-hydrogen) atoms. The van der Waals surface area contributed by atoms with E-state index in [1.165, 1.54) is 7.11 Å². The van der Waals surface area contributed by atoms with Gasteiger partial charge in [0.05, 0.1) is 24.6 Å². The lowest BCUT2D eigenvalue weighted by Crippen LogP contribution is -2.06. The van der Waals surface area contributed by atoms with Crippen molar-refractivity contribution < 1.29 is 17.9 Å². The molecular formula is C16H14BrN3O4S. The second kappa shape index (κ2) is 6.23. The van der Waals surface area contributed by atoms with Crippen molar-refractivity contribution in [3.05, 3.63) is 46.3 Å². The van der Waals surface area contributed by atoms with E-state index in [0.717, 1.165) is 17.4 Å². The van der Waals surface area contributed by atoms with Gasteiger partial charge >= 0.3 is 5.97 Å². The lowest BCUT2D eigenvalue weighted by Gasteiger charge is -2.08. The van der Waals surface area contributed by atoms with Gasteiger partial charge in [-0.1, -0.05) is 6.07 Å². The number of nitrogens with zero attached hydrogens (tertiary/aromatic N) is 3. The zero-order chi connectivity index (χ0) is 18.4. The molecule has 0 amide bonds. The van der Waals surface area contributed by atoms with Gasteiger partial charge < -0.3 is 4.74 Å². The first-order chi connectivity index (χ1) is 11.7. The van der Waals surface area contributed by atoms with Gasteiger partial charge in [-0.15, -0.1) is 0 Å². The minimum atomic E-state index is -3.54. The van der Waals surface area contributed by atoms with Gasteiger partial charge in [-0.2, -0.15) is 0 Å². The summed E-state index contributed by atoms with van der Waals surface area (Å²) in [5, 5.41) is -0.101. The number of halogens is 1. The molecule has 7 nitrogen and oxygen atoms in total.